The average Bonchev–Trinajstić information content (AvgIpc) is 2.41. The second-order valence-electron chi connectivity index (χ2n) is 6.83. The van der Waals surface area contributed by atoms with Crippen LogP contribution < -0.4 is 16.2 Å². The molecule has 0 aliphatic heterocycles. The van der Waals surface area contributed by atoms with Crippen LogP contribution in [0, 0.1) is 12.8 Å². The molecule has 3 N–H and O–H groups in total. The van der Waals surface area contributed by atoms with Gasteiger partial charge in [0, 0.05) is 24.4 Å². The highest BCUT2D eigenvalue weighted by Crippen LogP contribution is 2.17. The lowest BCUT2D eigenvalue weighted by Gasteiger charge is -2.18. The fraction of sp³-hybridized carbons (Fsp3) is 0.625. The van der Waals surface area contributed by atoms with E-state index in [1.165, 1.54) is 0 Å². The average molecular weight is 322 g/mol. The number of nitrogens with one attached hydrogen (secondary N) is 3. The summed E-state index contributed by atoms with van der Waals surface area (Å²) in [5, 5.41) is 5.31. The van der Waals surface area contributed by atoms with Gasteiger partial charge in [-0.1, -0.05) is 34.6 Å². The van der Waals surface area contributed by atoms with Crippen LogP contribution in [0.4, 0.5) is 0 Å². The van der Waals surface area contributed by atoms with E-state index in [0.29, 0.717) is 18.1 Å². The number of aryl methyl sites for hydroxylation is 1. The summed E-state index contributed by atoms with van der Waals surface area (Å²) in [4.78, 5) is 42.7. The maximum atomic E-state index is 12.2. The summed E-state index contributed by atoms with van der Waals surface area (Å²) in [6.45, 7) is 11.6. The summed E-state index contributed by atoms with van der Waals surface area (Å²) in [5.41, 5.74) is -0.359. The number of nitrogens with zero attached hydrogens (tertiary/aromatic N) is 1. The fourth-order valence-electron chi connectivity index (χ4n) is 1.86. The van der Waals surface area contributed by atoms with E-state index in [1.807, 2.05) is 20.8 Å². The molecule has 0 aliphatic rings. The number of carbonyl (C=O) groups excluding carboxylic acids is 2. The Bertz CT molecular complexity index is 642. The maximum absolute atomic E-state index is 12.2. The van der Waals surface area contributed by atoms with E-state index in [0.717, 1.165) is 0 Å². The first-order chi connectivity index (χ1) is 10.5. The summed E-state index contributed by atoms with van der Waals surface area (Å²) in [6.07, 6.45) is 0. The van der Waals surface area contributed by atoms with Crippen LogP contribution in [0.3, 0.4) is 0 Å². The second kappa shape index (κ2) is 7.39. The number of H-pyrrole nitrogens is 1. The van der Waals surface area contributed by atoms with Crippen LogP contribution in [0.1, 0.15) is 56.5 Å². The highest BCUT2D eigenvalue weighted by Gasteiger charge is 2.21. The number of hydrogen-bond donors (Lipinski definition) is 3. The largest absolute Gasteiger partial charge is 0.354 e. The first kappa shape index (κ1) is 18.9. The van der Waals surface area contributed by atoms with Crippen LogP contribution in [0.5, 0.6) is 0 Å². The van der Waals surface area contributed by atoms with Gasteiger partial charge in [0.05, 0.1) is 5.69 Å². The Balaban J connectivity index is 2.74. The number of aromatic nitrogens is 2. The van der Waals surface area contributed by atoms with E-state index in [-0.39, 0.29) is 29.3 Å². The molecule has 1 aromatic heterocycles. The number of aromatic amines is 1. The van der Waals surface area contributed by atoms with Crippen molar-refractivity contribution in [3.63, 3.8) is 0 Å². The minimum atomic E-state index is -0.490. The summed E-state index contributed by atoms with van der Waals surface area (Å²) in [5.74, 6) is -0.134. The zero-order valence-electron chi connectivity index (χ0n) is 14.7. The molecule has 0 radical (unpaired) electrons. The molecule has 128 valence electrons. The SMILES string of the molecule is Cc1nc(C(C)(C)C)[nH]c(=O)c1C(=O)NCCNC(=O)C(C)C. The Kier molecular flexibility index (Phi) is 6.06. The van der Waals surface area contributed by atoms with E-state index in [9.17, 15) is 14.4 Å². The number of carbonyl (C=O) groups is 2. The van der Waals surface area contributed by atoms with Crippen molar-refractivity contribution in [3.8, 4) is 0 Å². The molecule has 1 aromatic rings. The predicted octanol–water partition coefficient (Wildman–Crippen LogP) is 0.878. The van der Waals surface area contributed by atoms with Crippen molar-refractivity contribution in [2.75, 3.05) is 13.1 Å². The van der Waals surface area contributed by atoms with Gasteiger partial charge in [-0.05, 0) is 6.92 Å². The summed E-state index contributed by atoms with van der Waals surface area (Å²) in [7, 11) is 0. The van der Waals surface area contributed by atoms with Gasteiger partial charge >= 0.3 is 0 Å². The van der Waals surface area contributed by atoms with Gasteiger partial charge in [-0.25, -0.2) is 4.98 Å². The number of rotatable bonds is 5. The van der Waals surface area contributed by atoms with Gasteiger partial charge < -0.3 is 15.6 Å². The van der Waals surface area contributed by atoms with Crippen molar-refractivity contribution in [2.24, 2.45) is 5.92 Å². The van der Waals surface area contributed by atoms with Crippen molar-refractivity contribution in [1.29, 1.82) is 0 Å². The first-order valence-corrected chi connectivity index (χ1v) is 7.71. The zero-order valence-corrected chi connectivity index (χ0v) is 14.7. The summed E-state index contributed by atoms with van der Waals surface area (Å²) >= 11 is 0. The number of amides is 2. The van der Waals surface area contributed by atoms with Crippen molar-refractivity contribution >= 4 is 11.8 Å². The Morgan fingerprint density at radius 2 is 1.74 bits per heavy atom. The monoisotopic (exact) mass is 322 g/mol. The number of hydrogen-bond acceptors (Lipinski definition) is 4. The molecular weight excluding hydrogens is 296 g/mol. The van der Waals surface area contributed by atoms with E-state index in [2.05, 4.69) is 20.6 Å². The smallest absolute Gasteiger partial charge is 0.264 e. The van der Waals surface area contributed by atoms with E-state index in [1.54, 1.807) is 20.8 Å². The van der Waals surface area contributed by atoms with Crippen LogP contribution in [0.15, 0.2) is 4.79 Å². The Morgan fingerprint density at radius 3 is 2.22 bits per heavy atom. The molecule has 0 bridgehead atoms. The topological polar surface area (TPSA) is 104 Å². The summed E-state index contributed by atoms with van der Waals surface area (Å²) < 4.78 is 0. The molecule has 0 saturated heterocycles. The molecule has 7 heteroatoms. The lowest BCUT2D eigenvalue weighted by Crippen LogP contribution is -2.39. The Hall–Kier alpha value is -2.18. The van der Waals surface area contributed by atoms with Crippen LogP contribution >= 0.6 is 0 Å². The molecule has 2 amide bonds. The van der Waals surface area contributed by atoms with Gasteiger partial charge in [-0.2, -0.15) is 0 Å². The van der Waals surface area contributed by atoms with E-state index >= 15 is 0 Å². The minimum Gasteiger partial charge on any atom is -0.354 e. The Labute approximate surface area is 136 Å². The van der Waals surface area contributed by atoms with Crippen LogP contribution in [0.2, 0.25) is 0 Å². The van der Waals surface area contributed by atoms with Crippen molar-refractivity contribution in [2.45, 2.75) is 47.0 Å². The van der Waals surface area contributed by atoms with Crippen molar-refractivity contribution in [3.05, 3.63) is 27.4 Å². The maximum Gasteiger partial charge on any atom is 0.264 e. The third kappa shape index (κ3) is 5.19. The summed E-state index contributed by atoms with van der Waals surface area (Å²) in [6, 6.07) is 0. The van der Waals surface area contributed by atoms with Gasteiger partial charge in [-0.15, -0.1) is 0 Å². The lowest BCUT2D eigenvalue weighted by molar-refractivity contribution is -0.123. The van der Waals surface area contributed by atoms with Crippen LogP contribution in [0.25, 0.3) is 0 Å². The normalized spacial score (nSPS) is 11.4. The van der Waals surface area contributed by atoms with Gasteiger partial charge in [0.2, 0.25) is 5.91 Å². The Morgan fingerprint density at radius 1 is 1.17 bits per heavy atom. The van der Waals surface area contributed by atoms with Gasteiger partial charge in [0.25, 0.3) is 11.5 Å². The lowest BCUT2D eigenvalue weighted by atomic mass is 9.95. The molecule has 0 saturated carbocycles. The highest BCUT2D eigenvalue weighted by atomic mass is 16.2. The first-order valence-electron chi connectivity index (χ1n) is 7.71. The van der Waals surface area contributed by atoms with E-state index < -0.39 is 11.5 Å². The molecule has 23 heavy (non-hydrogen) atoms. The van der Waals surface area contributed by atoms with E-state index in [4.69, 9.17) is 0 Å². The van der Waals surface area contributed by atoms with Crippen molar-refractivity contribution in [1.82, 2.24) is 20.6 Å². The molecular formula is C16H26N4O3. The second-order valence-corrected chi connectivity index (χ2v) is 6.83. The molecule has 1 heterocycles. The third-order valence-corrected chi connectivity index (χ3v) is 3.27. The minimum absolute atomic E-state index is 0.00758. The molecule has 0 atom stereocenters. The highest BCUT2D eigenvalue weighted by molar-refractivity contribution is 5.94. The van der Waals surface area contributed by atoms with Crippen LogP contribution in [-0.4, -0.2) is 34.9 Å². The quantitative estimate of drug-likeness (QED) is 0.700. The molecule has 0 aliphatic carbocycles. The standard InChI is InChI=1S/C16H26N4O3/c1-9(2)12(21)17-7-8-18-13(22)11-10(3)19-15(16(4,5)6)20-14(11)23/h9H,7-8H2,1-6H3,(H,17,21)(H,18,22)(H,19,20,23). The molecule has 7 nitrogen and oxygen atoms in total. The fourth-order valence-corrected chi connectivity index (χ4v) is 1.86. The molecule has 1 rings (SSSR count). The molecule has 0 aromatic carbocycles. The van der Waals surface area contributed by atoms with Crippen LogP contribution in [-0.2, 0) is 10.2 Å². The van der Waals surface area contributed by atoms with Gasteiger partial charge in [0.1, 0.15) is 11.4 Å². The molecule has 0 unspecified atom stereocenters. The zero-order chi connectivity index (χ0) is 17.8. The molecule has 0 spiro atoms. The molecule has 0 fully saturated rings. The van der Waals surface area contributed by atoms with Gasteiger partial charge in [-0.3, -0.25) is 14.4 Å². The van der Waals surface area contributed by atoms with Crippen molar-refractivity contribution < 1.29 is 9.59 Å². The van der Waals surface area contributed by atoms with Gasteiger partial charge in [0.15, 0.2) is 0 Å². The predicted molar refractivity (Wildman–Crippen MR) is 88.5 cm³/mol. The third-order valence-electron chi connectivity index (χ3n) is 3.27.